The molecule has 0 unspecified atom stereocenters. The topological polar surface area (TPSA) is 26.3 Å². The number of hydrogen-bond acceptors (Lipinski definition) is 2. The van der Waals surface area contributed by atoms with Crippen LogP contribution in [0.15, 0.2) is 12.7 Å². The van der Waals surface area contributed by atoms with E-state index in [1.165, 1.54) is 7.48 Å². The van der Waals surface area contributed by atoms with Crippen LogP contribution in [0.3, 0.4) is 0 Å². The standard InChI is InChI=1S/C6H10BO2/c1-4-6(8)9-7-5(2)3/h4-5H,1H2,2-3H3. The third-order valence-electron chi connectivity index (χ3n) is 0.623. The average molecular weight is 125 g/mol. The highest BCUT2D eigenvalue weighted by Gasteiger charge is 2.01. The van der Waals surface area contributed by atoms with E-state index in [-0.39, 0.29) is 5.82 Å². The number of rotatable bonds is 3. The molecule has 0 atom stereocenters. The van der Waals surface area contributed by atoms with Crippen LogP contribution < -0.4 is 0 Å². The summed E-state index contributed by atoms with van der Waals surface area (Å²) in [5.41, 5.74) is 0. The zero-order valence-corrected chi connectivity index (χ0v) is 5.76. The molecular weight excluding hydrogens is 115 g/mol. The fraction of sp³-hybridized carbons (Fsp3) is 0.500. The van der Waals surface area contributed by atoms with Crippen molar-refractivity contribution in [2.45, 2.75) is 19.7 Å². The van der Waals surface area contributed by atoms with E-state index >= 15 is 0 Å². The van der Waals surface area contributed by atoms with Gasteiger partial charge in [0, 0.05) is 6.08 Å². The summed E-state index contributed by atoms with van der Waals surface area (Å²) < 4.78 is 4.57. The largest absolute Gasteiger partial charge is 0.535 e. The highest BCUT2D eigenvalue weighted by Crippen LogP contribution is 1.96. The van der Waals surface area contributed by atoms with E-state index in [2.05, 4.69) is 11.2 Å². The van der Waals surface area contributed by atoms with E-state index in [1.54, 1.807) is 0 Å². The van der Waals surface area contributed by atoms with Crippen LogP contribution in [0.25, 0.3) is 0 Å². The molecule has 3 heteroatoms. The number of carbonyl (C=O) groups excluding carboxylic acids is 1. The van der Waals surface area contributed by atoms with Crippen molar-refractivity contribution < 1.29 is 9.45 Å². The second-order valence-corrected chi connectivity index (χ2v) is 2.02. The minimum absolute atomic E-state index is 0.272. The fourth-order valence-electron chi connectivity index (χ4n) is 0.251. The van der Waals surface area contributed by atoms with E-state index in [4.69, 9.17) is 0 Å². The van der Waals surface area contributed by atoms with Crippen molar-refractivity contribution in [3.8, 4) is 0 Å². The van der Waals surface area contributed by atoms with Crippen molar-refractivity contribution in [3.05, 3.63) is 12.7 Å². The Bertz CT molecular complexity index is 110. The Labute approximate surface area is 56.2 Å². The molecule has 0 aliphatic rings. The van der Waals surface area contributed by atoms with Crippen LogP contribution in [0, 0.1) is 0 Å². The highest BCUT2D eigenvalue weighted by molar-refractivity contribution is 6.32. The van der Waals surface area contributed by atoms with Gasteiger partial charge in [-0.05, 0) is 5.82 Å². The Balaban J connectivity index is 3.27. The van der Waals surface area contributed by atoms with Gasteiger partial charge in [0.15, 0.2) is 0 Å². The first-order valence-electron chi connectivity index (χ1n) is 2.83. The minimum atomic E-state index is -0.399. The van der Waals surface area contributed by atoms with Crippen molar-refractivity contribution in [1.29, 1.82) is 0 Å². The van der Waals surface area contributed by atoms with Crippen LogP contribution in [0.2, 0.25) is 5.82 Å². The lowest BCUT2D eigenvalue weighted by Gasteiger charge is -2.00. The smallest absolute Gasteiger partial charge is 0.377 e. The first-order valence-corrected chi connectivity index (χ1v) is 2.83. The lowest BCUT2D eigenvalue weighted by molar-refractivity contribution is -0.129. The molecule has 0 aliphatic heterocycles. The predicted octanol–water partition coefficient (Wildman–Crippen LogP) is 1.16. The van der Waals surface area contributed by atoms with Crippen LogP contribution in [-0.2, 0) is 9.45 Å². The normalized spacial score (nSPS) is 8.78. The number of carbonyl (C=O) groups is 1. The zero-order chi connectivity index (χ0) is 7.28. The first-order chi connectivity index (χ1) is 4.16. The zero-order valence-electron chi connectivity index (χ0n) is 5.76. The average Bonchev–Trinajstić information content (AvgIpc) is 1.83. The monoisotopic (exact) mass is 125 g/mol. The van der Waals surface area contributed by atoms with Crippen molar-refractivity contribution in [2.24, 2.45) is 0 Å². The molecule has 0 heterocycles. The molecule has 49 valence electrons. The lowest BCUT2D eigenvalue weighted by atomic mass is 9.84. The second kappa shape index (κ2) is 4.18. The minimum Gasteiger partial charge on any atom is -0.535 e. The van der Waals surface area contributed by atoms with Crippen molar-refractivity contribution in [1.82, 2.24) is 0 Å². The summed E-state index contributed by atoms with van der Waals surface area (Å²) in [4.78, 5) is 10.3. The summed E-state index contributed by atoms with van der Waals surface area (Å²) in [6, 6.07) is 0. The molecule has 0 bridgehead atoms. The highest BCUT2D eigenvalue weighted by atomic mass is 16.5. The molecule has 0 saturated carbocycles. The van der Waals surface area contributed by atoms with Gasteiger partial charge < -0.3 is 4.65 Å². The molecule has 0 rings (SSSR count). The molecule has 0 amide bonds. The molecular formula is C6H10BO2. The molecule has 0 aromatic heterocycles. The van der Waals surface area contributed by atoms with Gasteiger partial charge >= 0.3 is 13.5 Å². The van der Waals surface area contributed by atoms with Crippen LogP contribution in [0.4, 0.5) is 0 Å². The molecule has 0 saturated heterocycles. The van der Waals surface area contributed by atoms with Gasteiger partial charge in [-0.15, -0.1) is 0 Å². The Hall–Kier alpha value is -0.725. The summed E-state index contributed by atoms with van der Waals surface area (Å²) in [6.07, 6.45) is 1.14. The van der Waals surface area contributed by atoms with E-state index in [1.807, 2.05) is 13.8 Å². The Morgan fingerprint density at radius 1 is 1.78 bits per heavy atom. The third-order valence-corrected chi connectivity index (χ3v) is 0.623. The molecule has 0 aromatic rings. The maximum absolute atomic E-state index is 10.3. The third kappa shape index (κ3) is 5.14. The van der Waals surface area contributed by atoms with E-state index < -0.39 is 5.97 Å². The molecule has 9 heavy (non-hydrogen) atoms. The summed E-state index contributed by atoms with van der Waals surface area (Å²) in [5, 5.41) is 0. The summed E-state index contributed by atoms with van der Waals surface area (Å²) >= 11 is 0. The fourth-order valence-corrected chi connectivity index (χ4v) is 0.251. The maximum atomic E-state index is 10.3. The molecule has 0 fully saturated rings. The Morgan fingerprint density at radius 3 is 2.67 bits per heavy atom. The molecule has 0 spiro atoms. The second-order valence-electron chi connectivity index (χ2n) is 2.02. The van der Waals surface area contributed by atoms with Crippen molar-refractivity contribution in [2.75, 3.05) is 0 Å². The quantitative estimate of drug-likeness (QED) is 0.417. The van der Waals surface area contributed by atoms with Crippen LogP contribution in [0.5, 0.6) is 0 Å². The van der Waals surface area contributed by atoms with Gasteiger partial charge in [-0.1, -0.05) is 20.4 Å². The molecule has 2 nitrogen and oxygen atoms in total. The van der Waals surface area contributed by atoms with Gasteiger partial charge in [-0.25, -0.2) is 4.79 Å². The van der Waals surface area contributed by atoms with Gasteiger partial charge in [0.2, 0.25) is 0 Å². The number of hydrogen-bond donors (Lipinski definition) is 0. The Kier molecular flexibility index (Phi) is 3.85. The first kappa shape index (κ1) is 8.27. The maximum Gasteiger partial charge on any atom is 0.377 e. The summed E-state index contributed by atoms with van der Waals surface area (Å²) in [7, 11) is 1.48. The summed E-state index contributed by atoms with van der Waals surface area (Å²) in [5.74, 6) is -0.127. The molecule has 0 aromatic carbocycles. The van der Waals surface area contributed by atoms with Crippen molar-refractivity contribution in [3.63, 3.8) is 0 Å². The predicted molar refractivity (Wildman–Crippen MR) is 37.1 cm³/mol. The van der Waals surface area contributed by atoms with E-state index in [0.29, 0.717) is 0 Å². The van der Waals surface area contributed by atoms with Gasteiger partial charge in [0.05, 0.1) is 0 Å². The lowest BCUT2D eigenvalue weighted by Crippen LogP contribution is -2.07. The van der Waals surface area contributed by atoms with Crippen molar-refractivity contribution >= 4 is 13.5 Å². The van der Waals surface area contributed by atoms with Crippen LogP contribution in [-0.4, -0.2) is 13.5 Å². The van der Waals surface area contributed by atoms with E-state index in [9.17, 15) is 4.79 Å². The Morgan fingerprint density at radius 2 is 2.33 bits per heavy atom. The van der Waals surface area contributed by atoms with E-state index in [0.717, 1.165) is 6.08 Å². The SMILES string of the molecule is C=CC(=O)O[B]C(C)C. The van der Waals surface area contributed by atoms with Gasteiger partial charge in [0.25, 0.3) is 0 Å². The molecule has 0 aliphatic carbocycles. The van der Waals surface area contributed by atoms with Crippen LogP contribution >= 0.6 is 0 Å². The summed E-state index contributed by atoms with van der Waals surface area (Å²) in [6.45, 7) is 7.10. The van der Waals surface area contributed by atoms with Crippen LogP contribution in [0.1, 0.15) is 13.8 Å². The van der Waals surface area contributed by atoms with Gasteiger partial charge in [-0.2, -0.15) is 0 Å². The van der Waals surface area contributed by atoms with Gasteiger partial charge in [-0.3, -0.25) is 0 Å². The van der Waals surface area contributed by atoms with Gasteiger partial charge in [0.1, 0.15) is 0 Å². The molecule has 1 radical (unpaired) electrons. The molecule has 0 N–H and O–H groups in total.